The van der Waals surface area contributed by atoms with Crippen molar-refractivity contribution in [2.45, 2.75) is 6.55 Å². The van der Waals surface area contributed by atoms with Gasteiger partial charge in [-0.3, -0.25) is 0 Å². The van der Waals surface area contributed by atoms with E-state index in [0.29, 0.717) is 0 Å². The van der Waals surface area contributed by atoms with E-state index < -0.39 is 5.97 Å². The summed E-state index contributed by atoms with van der Waals surface area (Å²) in [5, 5.41) is 0. The molecule has 3 heteroatoms. The molecule has 0 aromatic heterocycles. The lowest BCUT2D eigenvalue weighted by Crippen LogP contribution is -1.94. The normalized spacial score (nSPS) is 8.25. The first-order chi connectivity index (χ1) is 3.81. The van der Waals surface area contributed by atoms with Crippen LogP contribution in [0.4, 0.5) is 0 Å². The summed E-state index contributed by atoms with van der Waals surface area (Å²) < 4.78 is 4.26. The van der Waals surface area contributed by atoms with Crippen LogP contribution in [0.25, 0.3) is 0 Å². The summed E-state index contributed by atoms with van der Waals surface area (Å²) in [4.78, 5) is 10.2. The van der Waals surface area contributed by atoms with Gasteiger partial charge >= 0.3 is 5.97 Å². The van der Waals surface area contributed by atoms with Crippen molar-refractivity contribution in [3.8, 4) is 11.5 Å². The van der Waals surface area contributed by atoms with Crippen LogP contribution in [0.1, 0.15) is 0 Å². The minimum absolute atomic E-state index is 0.300. The standard InChI is InChI=1S/C5H8O2Si/c1-7-5(6)3-4-8-2/h8H2,1-2H3. The molecule has 0 unspecified atom stereocenters. The highest BCUT2D eigenvalue weighted by Crippen LogP contribution is 1.65. The topological polar surface area (TPSA) is 26.3 Å². The lowest BCUT2D eigenvalue weighted by Gasteiger charge is -1.82. The molecule has 8 heavy (non-hydrogen) atoms. The number of rotatable bonds is 0. The zero-order valence-electron chi connectivity index (χ0n) is 5.02. The lowest BCUT2D eigenvalue weighted by atomic mass is 10.7. The third-order valence-corrected chi connectivity index (χ3v) is 1.08. The molecule has 0 aromatic carbocycles. The van der Waals surface area contributed by atoms with Gasteiger partial charge in [-0.15, -0.1) is 5.54 Å². The molecule has 0 aromatic rings. The number of esters is 1. The second-order valence-electron chi connectivity index (χ2n) is 1.15. The highest BCUT2D eigenvalue weighted by atomic mass is 28.2. The van der Waals surface area contributed by atoms with Gasteiger partial charge in [-0.1, -0.05) is 6.55 Å². The molecule has 0 heterocycles. The minimum Gasteiger partial charge on any atom is -0.459 e. The summed E-state index contributed by atoms with van der Waals surface area (Å²) in [5.74, 6) is 1.90. The molecule has 0 spiro atoms. The van der Waals surface area contributed by atoms with Crippen LogP contribution in [0.3, 0.4) is 0 Å². The van der Waals surface area contributed by atoms with Crippen LogP contribution < -0.4 is 0 Å². The molecular weight excluding hydrogens is 120 g/mol. The molecule has 0 aliphatic rings. The van der Waals surface area contributed by atoms with E-state index >= 15 is 0 Å². The zero-order chi connectivity index (χ0) is 6.41. The van der Waals surface area contributed by atoms with E-state index in [0.717, 1.165) is 0 Å². The molecule has 0 amide bonds. The van der Waals surface area contributed by atoms with Gasteiger partial charge in [0.15, 0.2) is 0 Å². The van der Waals surface area contributed by atoms with Crippen molar-refractivity contribution < 1.29 is 9.53 Å². The van der Waals surface area contributed by atoms with Crippen LogP contribution in [0.15, 0.2) is 0 Å². The van der Waals surface area contributed by atoms with E-state index in [1.165, 1.54) is 7.11 Å². The molecule has 0 fully saturated rings. The molecule has 0 atom stereocenters. The smallest absolute Gasteiger partial charge is 0.383 e. The van der Waals surface area contributed by atoms with Crippen molar-refractivity contribution in [2.75, 3.05) is 7.11 Å². The van der Waals surface area contributed by atoms with Crippen molar-refractivity contribution in [1.82, 2.24) is 0 Å². The maximum atomic E-state index is 10.2. The van der Waals surface area contributed by atoms with E-state index in [-0.39, 0.29) is 9.52 Å². The number of hydrogen-bond donors (Lipinski definition) is 0. The molecule has 2 nitrogen and oxygen atoms in total. The maximum Gasteiger partial charge on any atom is 0.383 e. The predicted octanol–water partition coefficient (Wildman–Crippen LogP) is -0.663. The molecule has 0 N–H and O–H groups in total. The predicted molar refractivity (Wildman–Crippen MR) is 34.2 cm³/mol. The number of ether oxygens (including phenoxy) is 1. The lowest BCUT2D eigenvalue weighted by molar-refractivity contribution is -0.133. The Bertz CT molecular complexity index is 131. The Labute approximate surface area is 51.0 Å². The van der Waals surface area contributed by atoms with Gasteiger partial charge in [0.05, 0.1) is 7.11 Å². The Morgan fingerprint density at radius 3 is 2.75 bits per heavy atom. The Balaban J connectivity index is 3.52. The summed E-state index contributed by atoms with van der Waals surface area (Å²) in [5.41, 5.74) is 2.71. The first-order valence-corrected chi connectivity index (χ1v) is 4.50. The second kappa shape index (κ2) is 4.41. The Morgan fingerprint density at radius 1 is 1.75 bits per heavy atom. The molecule has 0 saturated carbocycles. The molecule has 0 bridgehead atoms. The van der Waals surface area contributed by atoms with E-state index in [4.69, 9.17) is 0 Å². The molecule has 44 valence electrons. The first kappa shape index (κ1) is 7.25. The van der Waals surface area contributed by atoms with Gasteiger partial charge in [-0.25, -0.2) is 4.79 Å². The number of carbonyl (C=O) groups is 1. The monoisotopic (exact) mass is 128 g/mol. The van der Waals surface area contributed by atoms with Crippen molar-refractivity contribution >= 4 is 15.5 Å². The Hall–Kier alpha value is -0.753. The van der Waals surface area contributed by atoms with Crippen LogP contribution >= 0.6 is 0 Å². The van der Waals surface area contributed by atoms with Gasteiger partial charge in [0, 0.05) is 5.92 Å². The van der Waals surface area contributed by atoms with E-state index in [2.05, 4.69) is 16.2 Å². The summed E-state index contributed by atoms with van der Waals surface area (Å²) in [6.07, 6.45) is 0. The number of methoxy groups -OCH3 is 1. The van der Waals surface area contributed by atoms with Crippen LogP contribution in [0.5, 0.6) is 0 Å². The van der Waals surface area contributed by atoms with Crippen LogP contribution in [-0.4, -0.2) is 22.6 Å². The fourth-order valence-electron chi connectivity index (χ4n) is 0.212. The van der Waals surface area contributed by atoms with Crippen molar-refractivity contribution in [1.29, 1.82) is 0 Å². The number of hydrogen-bond acceptors (Lipinski definition) is 2. The quantitative estimate of drug-likeness (QED) is 0.246. The Kier molecular flexibility index (Phi) is 3.99. The highest BCUT2D eigenvalue weighted by Gasteiger charge is 1.85. The van der Waals surface area contributed by atoms with Crippen molar-refractivity contribution in [2.24, 2.45) is 0 Å². The van der Waals surface area contributed by atoms with Gasteiger partial charge < -0.3 is 4.74 Å². The largest absolute Gasteiger partial charge is 0.459 e. The maximum absolute atomic E-state index is 10.2. The van der Waals surface area contributed by atoms with Crippen molar-refractivity contribution in [3.63, 3.8) is 0 Å². The van der Waals surface area contributed by atoms with E-state index in [1.54, 1.807) is 0 Å². The van der Waals surface area contributed by atoms with Crippen molar-refractivity contribution in [3.05, 3.63) is 0 Å². The molecule has 0 aliphatic carbocycles. The molecule has 0 rings (SSSR count). The van der Waals surface area contributed by atoms with E-state index in [9.17, 15) is 4.79 Å². The summed E-state index contributed by atoms with van der Waals surface area (Å²) >= 11 is 0. The average molecular weight is 128 g/mol. The zero-order valence-corrected chi connectivity index (χ0v) is 6.44. The van der Waals surface area contributed by atoms with Gasteiger partial charge in [0.2, 0.25) is 0 Å². The molecule has 0 saturated heterocycles. The van der Waals surface area contributed by atoms with Crippen LogP contribution in [0, 0.1) is 11.5 Å². The van der Waals surface area contributed by atoms with E-state index in [1.807, 2.05) is 6.55 Å². The Morgan fingerprint density at radius 2 is 2.38 bits per heavy atom. The fourth-order valence-corrected chi connectivity index (χ4v) is 0.533. The summed E-state index contributed by atoms with van der Waals surface area (Å²) in [6.45, 7) is 2.01. The van der Waals surface area contributed by atoms with Crippen LogP contribution in [-0.2, 0) is 9.53 Å². The van der Waals surface area contributed by atoms with Gasteiger partial charge in [-0.2, -0.15) is 0 Å². The van der Waals surface area contributed by atoms with Gasteiger partial charge in [-0.05, 0) is 0 Å². The highest BCUT2D eigenvalue weighted by molar-refractivity contribution is 6.45. The molecular formula is C5H8O2Si. The fraction of sp³-hybridized carbons (Fsp3) is 0.400. The minimum atomic E-state index is -0.431. The average Bonchev–Trinajstić information content (AvgIpc) is 1.83. The summed E-state index contributed by atoms with van der Waals surface area (Å²) in [6, 6.07) is 0. The SMILES string of the molecule is COC(=O)C#C[SiH2]C. The second-order valence-corrected chi connectivity index (χ2v) is 2.21. The van der Waals surface area contributed by atoms with Gasteiger partial charge in [0.1, 0.15) is 9.52 Å². The van der Waals surface area contributed by atoms with Gasteiger partial charge in [0.25, 0.3) is 0 Å². The first-order valence-electron chi connectivity index (χ1n) is 2.38. The molecule has 0 radical (unpaired) electrons. The molecule has 0 aliphatic heterocycles. The third kappa shape index (κ3) is 3.44. The summed E-state index contributed by atoms with van der Waals surface area (Å²) in [7, 11) is 1.03. The third-order valence-electron chi connectivity index (χ3n) is 0.553. The van der Waals surface area contributed by atoms with Crippen LogP contribution in [0.2, 0.25) is 6.55 Å². The number of carbonyl (C=O) groups excluding carboxylic acids is 1.